The molecule has 1 saturated carbocycles. The second-order valence-electron chi connectivity index (χ2n) is 6.02. The molecular formula is C18H12O2S2. The maximum absolute atomic E-state index is 12.6. The topological polar surface area (TPSA) is 34.1 Å². The second kappa shape index (κ2) is 4.49. The molecule has 1 aliphatic carbocycles. The monoisotopic (exact) mass is 324 g/mol. The molecule has 0 amide bonds. The minimum absolute atomic E-state index is 0.0455. The molecule has 0 N–H and O–H groups in total. The summed E-state index contributed by atoms with van der Waals surface area (Å²) in [6, 6.07) is 16.1. The highest BCUT2D eigenvalue weighted by Crippen LogP contribution is 2.66. The Morgan fingerprint density at radius 2 is 1.00 bits per heavy atom. The summed E-state index contributed by atoms with van der Waals surface area (Å²) in [5.74, 6) is 0.0541. The summed E-state index contributed by atoms with van der Waals surface area (Å²) in [6.45, 7) is 0. The van der Waals surface area contributed by atoms with Gasteiger partial charge in [0, 0.05) is 33.5 Å². The lowest BCUT2D eigenvalue weighted by atomic mass is 9.53. The molecule has 0 spiro atoms. The maximum Gasteiger partial charge on any atom is 0.198 e. The number of thioether (sulfide) groups is 2. The predicted molar refractivity (Wildman–Crippen MR) is 87.1 cm³/mol. The van der Waals surface area contributed by atoms with Crippen molar-refractivity contribution in [2.75, 3.05) is 0 Å². The van der Waals surface area contributed by atoms with Crippen molar-refractivity contribution in [3.8, 4) is 0 Å². The van der Waals surface area contributed by atoms with Crippen LogP contribution in [0.5, 0.6) is 0 Å². The highest BCUT2D eigenvalue weighted by Gasteiger charge is 2.62. The molecule has 0 saturated heterocycles. The molecule has 2 heterocycles. The summed E-state index contributed by atoms with van der Waals surface area (Å²) in [4.78, 5) is 27.3. The van der Waals surface area contributed by atoms with Crippen LogP contribution >= 0.6 is 23.5 Å². The molecule has 4 heteroatoms. The van der Waals surface area contributed by atoms with E-state index in [1.807, 2.05) is 36.4 Å². The molecule has 0 bridgehead atoms. The van der Waals surface area contributed by atoms with Gasteiger partial charge in [-0.2, -0.15) is 0 Å². The number of carbonyl (C=O) groups excluding carboxylic acids is 2. The number of rotatable bonds is 0. The van der Waals surface area contributed by atoms with E-state index < -0.39 is 0 Å². The summed E-state index contributed by atoms with van der Waals surface area (Å²) in [5, 5.41) is 0.443. The SMILES string of the molecule is O=C1Sc2ccccc2C2C1C1c3ccccc3SC(=O)C21. The summed E-state index contributed by atoms with van der Waals surface area (Å²) in [5.41, 5.74) is 2.37. The van der Waals surface area contributed by atoms with E-state index in [0.29, 0.717) is 0 Å². The van der Waals surface area contributed by atoms with Gasteiger partial charge in [-0.25, -0.2) is 0 Å². The van der Waals surface area contributed by atoms with Crippen LogP contribution in [0.2, 0.25) is 0 Å². The van der Waals surface area contributed by atoms with E-state index in [0.717, 1.165) is 9.79 Å². The van der Waals surface area contributed by atoms with Crippen LogP contribution < -0.4 is 0 Å². The number of hydrogen-bond donors (Lipinski definition) is 0. The maximum atomic E-state index is 12.6. The molecule has 2 aliphatic heterocycles. The lowest BCUT2D eigenvalue weighted by Gasteiger charge is -2.54. The van der Waals surface area contributed by atoms with Crippen molar-refractivity contribution >= 4 is 33.8 Å². The third kappa shape index (κ3) is 1.54. The van der Waals surface area contributed by atoms with Crippen molar-refractivity contribution in [2.45, 2.75) is 21.6 Å². The molecule has 3 aliphatic rings. The summed E-state index contributed by atoms with van der Waals surface area (Å²) >= 11 is 2.70. The van der Waals surface area contributed by atoms with E-state index in [1.54, 1.807) is 0 Å². The van der Waals surface area contributed by atoms with Crippen molar-refractivity contribution in [2.24, 2.45) is 11.8 Å². The molecule has 22 heavy (non-hydrogen) atoms. The van der Waals surface area contributed by atoms with Gasteiger partial charge in [-0.15, -0.1) is 0 Å². The van der Waals surface area contributed by atoms with Gasteiger partial charge < -0.3 is 0 Å². The van der Waals surface area contributed by atoms with Crippen LogP contribution in [-0.4, -0.2) is 10.2 Å². The lowest BCUT2D eigenvalue weighted by molar-refractivity contribution is -0.129. The van der Waals surface area contributed by atoms with Crippen LogP contribution in [0.3, 0.4) is 0 Å². The first-order chi connectivity index (χ1) is 10.8. The molecule has 5 rings (SSSR count). The largest absolute Gasteiger partial charge is 0.286 e. The Labute approximate surface area is 136 Å². The fraction of sp³-hybridized carbons (Fsp3) is 0.222. The summed E-state index contributed by atoms with van der Waals surface area (Å²) in [7, 11) is 0. The normalized spacial score (nSPS) is 31.5. The van der Waals surface area contributed by atoms with Crippen LogP contribution in [0.4, 0.5) is 0 Å². The molecule has 2 aromatic rings. The van der Waals surface area contributed by atoms with Crippen molar-refractivity contribution < 1.29 is 9.59 Å². The van der Waals surface area contributed by atoms with Crippen molar-refractivity contribution in [3.05, 3.63) is 59.7 Å². The minimum atomic E-state index is -0.0455. The number of fused-ring (bicyclic) bond motifs is 8. The van der Waals surface area contributed by atoms with Crippen LogP contribution in [0.1, 0.15) is 23.0 Å². The molecule has 0 radical (unpaired) electrons. The van der Waals surface area contributed by atoms with Crippen LogP contribution in [0.25, 0.3) is 0 Å². The number of carbonyl (C=O) groups is 2. The van der Waals surface area contributed by atoms with Gasteiger partial charge in [-0.3, -0.25) is 9.59 Å². The Bertz CT molecular complexity index is 752. The zero-order valence-electron chi connectivity index (χ0n) is 11.6. The average Bonchev–Trinajstić information content (AvgIpc) is 2.48. The molecule has 0 atom stereocenters. The molecule has 0 unspecified atom stereocenters. The zero-order chi connectivity index (χ0) is 14.8. The summed E-state index contributed by atoms with van der Waals surface area (Å²) in [6.07, 6.45) is 0. The molecule has 0 aromatic heterocycles. The fourth-order valence-electron chi connectivity index (χ4n) is 4.16. The fourth-order valence-corrected chi connectivity index (χ4v) is 6.39. The first-order valence-electron chi connectivity index (χ1n) is 7.37. The predicted octanol–water partition coefficient (Wildman–Crippen LogP) is 4.06. The van der Waals surface area contributed by atoms with Crippen LogP contribution in [0.15, 0.2) is 58.3 Å². The number of benzene rings is 2. The van der Waals surface area contributed by atoms with E-state index in [2.05, 4.69) is 12.1 Å². The van der Waals surface area contributed by atoms with Gasteiger partial charge in [0.15, 0.2) is 10.2 Å². The smallest absolute Gasteiger partial charge is 0.198 e. The standard InChI is InChI=1S/C18H12O2S2/c19-17-15-13(9-5-1-3-7-11(9)21-17)16-14(15)10-6-2-4-8-12(10)22-18(16)20/h1-8,13-16H. The number of hydrogen-bond acceptors (Lipinski definition) is 4. The Kier molecular flexibility index (Phi) is 2.65. The van der Waals surface area contributed by atoms with Gasteiger partial charge in [0.25, 0.3) is 0 Å². The van der Waals surface area contributed by atoms with Gasteiger partial charge in [0.2, 0.25) is 0 Å². The van der Waals surface area contributed by atoms with Gasteiger partial charge in [0.05, 0.1) is 0 Å². The molecule has 2 nitrogen and oxygen atoms in total. The van der Waals surface area contributed by atoms with Crippen molar-refractivity contribution in [1.82, 2.24) is 0 Å². The molecule has 2 aromatic carbocycles. The van der Waals surface area contributed by atoms with Crippen molar-refractivity contribution in [3.63, 3.8) is 0 Å². The third-order valence-corrected chi connectivity index (χ3v) is 7.20. The van der Waals surface area contributed by atoms with Gasteiger partial charge >= 0.3 is 0 Å². The first-order valence-corrected chi connectivity index (χ1v) is 9.00. The highest BCUT2D eigenvalue weighted by atomic mass is 32.2. The Balaban J connectivity index is 1.68. The Hall–Kier alpha value is -1.52. The lowest BCUT2D eigenvalue weighted by Crippen LogP contribution is -2.52. The zero-order valence-corrected chi connectivity index (χ0v) is 13.2. The molecule has 108 valence electrons. The quantitative estimate of drug-likeness (QED) is 0.732. The second-order valence-corrected chi connectivity index (χ2v) is 8.11. The third-order valence-electron chi connectivity index (χ3n) is 5.07. The summed E-state index contributed by atoms with van der Waals surface area (Å²) < 4.78 is 0. The first kappa shape index (κ1) is 13.0. The highest BCUT2D eigenvalue weighted by molar-refractivity contribution is 8.14. The van der Waals surface area contributed by atoms with E-state index in [1.165, 1.54) is 34.7 Å². The van der Waals surface area contributed by atoms with Crippen LogP contribution in [-0.2, 0) is 9.59 Å². The average molecular weight is 324 g/mol. The minimum Gasteiger partial charge on any atom is -0.286 e. The Morgan fingerprint density at radius 1 is 0.591 bits per heavy atom. The van der Waals surface area contributed by atoms with Gasteiger partial charge in [-0.05, 0) is 23.3 Å². The van der Waals surface area contributed by atoms with Crippen LogP contribution in [0, 0.1) is 11.8 Å². The van der Waals surface area contributed by atoms with E-state index in [-0.39, 0.29) is 33.9 Å². The Morgan fingerprint density at radius 3 is 1.45 bits per heavy atom. The van der Waals surface area contributed by atoms with E-state index in [4.69, 9.17) is 0 Å². The molecule has 1 fully saturated rings. The van der Waals surface area contributed by atoms with Crippen molar-refractivity contribution in [1.29, 1.82) is 0 Å². The molecular weight excluding hydrogens is 312 g/mol. The van der Waals surface area contributed by atoms with E-state index in [9.17, 15) is 9.59 Å². The van der Waals surface area contributed by atoms with Gasteiger partial charge in [0.1, 0.15) is 0 Å². The van der Waals surface area contributed by atoms with Gasteiger partial charge in [-0.1, -0.05) is 59.9 Å². The van der Waals surface area contributed by atoms with E-state index >= 15 is 0 Å².